The van der Waals surface area contributed by atoms with E-state index in [0.717, 1.165) is 0 Å². The van der Waals surface area contributed by atoms with Crippen LogP contribution in [0.5, 0.6) is 0 Å². The van der Waals surface area contributed by atoms with Crippen molar-refractivity contribution in [1.29, 1.82) is 0 Å². The second-order valence-corrected chi connectivity index (χ2v) is 21.4. The van der Waals surface area contributed by atoms with Crippen molar-refractivity contribution in [3.8, 4) is 0 Å². The number of hydrogen-bond donors (Lipinski definition) is 0. The number of anilines is 3. The molecule has 1 aliphatic rings. The van der Waals surface area contributed by atoms with Gasteiger partial charge in [-0.2, -0.15) is 0 Å². The molecule has 0 heterocycles. The molecule has 1 aliphatic carbocycles. The van der Waals surface area contributed by atoms with Gasteiger partial charge >= 0.3 is 260 Å². The van der Waals surface area contributed by atoms with E-state index in [2.05, 4.69) is 160 Å². The number of halogens is 3. The van der Waals surface area contributed by atoms with Gasteiger partial charge in [-0.1, -0.05) is 0 Å². The molecule has 240 valence electrons. The Bertz CT molecular complexity index is 1410. The van der Waals surface area contributed by atoms with Crippen molar-refractivity contribution in [3.05, 3.63) is 91.9 Å². The van der Waals surface area contributed by atoms with Gasteiger partial charge in [-0.3, -0.25) is 0 Å². The minimum Gasteiger partial charge on any atom is -0.147 e. The molecule has 1 atom stereocenters. The molecule has 3 aromatic rings. The molecular formula is C36H52Cl3N3SiTi. The van der Waals surface area contributed by atoms with Gasteiger partial charge in [-0.15, -0.1) is 37.2 Å². The fourth-order valence-electron chi connectivity index (χ4n) is 6.95. The van der Waals surface area contributed by atoms with Crippen LogP contribution in [0.2, 0.25) is 0 Å². The molecule has 44 heavy (non-hydrogen) atoms. The summed E-state index contributed by atoms with van der Waals surface area (Å²) in [5.74, 6) is -2.03. The van der Waals surface area contributed by atoms with Crippen molar-refractivity contribution in [2.24, 2.45) is 5.92 Å². The molecule has 0 radical (unpaired) electrons. The van der Waals surface area contributed by atoms with Crippen molar-refractivity contribution < 1.29 is 18.4 Å². The minimum absolute atomic E-state index is 0. The molecule has 0 fully saturated rings. The molecule has 0 aliphatic heterocycles. The Balaban J connectivity index is 0.00000323. The van der Waals surface area contributed by atoms with Crippen LogP contribution in [0.15, 0.2) is 75.2 Å². The van der Waals surface area contributed by atoms with E-state index in [1.807, 2.05) is 0 Å². The van der Waals surface area contributed by atoms with Crippen molar-refractivity contribution in [2.45, 2.75) is 48.5 Å². The van der Waals surface area contributed by atoms with Gasteiger partial charge in [0.15, 0.2) is 0 Å². The van der Waals surface area contributed by atoms with Crippen LogP contribution in [-0.4, -0.2) is 48.2 Å². The van der Waals surface area contributed by atoms with E-state index < -0.39 is 24.3 Å². The Morgan fingerprint density at radius 2 is 0.841 bits per heavy atom. The Morgan fingerprint density at radius 3 is 1.09 bits per heavy atom. The van der Waals surface area contributed by atoms with Gasteiger partial charge in [0, 0.05) is 0 Å². The molecular weight excluding hydrogens is 657 g/mol. The average molecular weight is 709 g/mol. The summed E-state index contributed by atoms with van der Waals surface area (Å²) in [6.45, 7) is 16.7. The van der Waals surface area contributed by atoms with E-state index in [9.17, 15) is 0 Å². The third-order valence-electron chi connectivity index (χ3n) is 9.54. The molecule has 1 unspecified atom stereocenters. The molecule has 0 spiro atoms. The zero-order chi connectivity index (χ0) is 30.4. The van der Waals surface area contributed by atoms with Crippen molar-refractivity contribution >= 4 is 75.8 Å². The summed E-state index contributed by atoms with van der Waals surface area (Å²) in [4.78, 5) is 6.88. The fourth-order valence-corrected chi connectivity index (χ4v) is 22.3. The van der Waals surface area contributed by atoms with Gasteiger partial charge in [0.2, 0.25) is 0 Å². The van der Waals surface area contributed by atoms with Gasteiger partial charge < -0.3 is 0 Å². The van der Waals surface area contributed by atoms with E-state index in [1.165, 1.54) is 39.3 Å². The SMILES string of the molecule is CC1=C(C)C(C)[C]([Ti][Si](c2cccc(N(C)C)c2C)(c2cccc(N(C)C)c2C)c2cccc(N(C)C)c2C)=C1C.Cl.Cl.Cl. The van der Waals surface area contributed by atoms with Crippen LogP contribution >= 0.6 is 37.2 Å². The van der Waals surface area contributed by atoms with Gasteiger partial charge in [0.1, 0.15) is 0 Å². The van der Waals surface area contributed by atoms with E-state index >= 15 is 0 Å². The summed E-state index contributed by atoms with van der Waals surface area (Å²) in [5.41, 5.74) is 12.9. The third kappa shape index (κ3) is 6.87. The summed E-state index contributed by atoms with van der Waals surface area (Å²) in [7, 11) is 13.1. The number of hydrogen-bond acceptors (Lipinski definition) is 3. The summed E-state index contributed by atoms with van der Waals surface area (Å²) in [6.07, 6.45) is 0. The van der Waals surface area contributed by atoms with E-state index in [-0.39, 0.29) is 37.2 Å². The van der Waals surface area contributed by atoms with E-state index in [0.29, 0.717) is 5.92 Å². The van der Waals surface area contributed by atoms with Gasteiger partial charge in [-0.25, -0.2) is 0 Å². The van der Waals surface area contributed by atoms with Crippen LogP contribution in [0.25, 0.3) is 0 Å². The fraction of sp³-hybridized carbons (Fsp3) is 0.389. The van der Waals surface area contributed by atoms with Crippen LogP contribution in [0.4, 0.5) is 17.1 Å². The van der Waals surface area contributed by atoms with Crippen molar-refractivity contribution in [2.75, 3.05) is 57.0 Å². The first kappa shape index (κ1) is 40.4. The predicted octanol–water partition coefficient (Wildman–Crippen LogP) is 7.38. The van der Waals surface area contributed by atoms with Gasteiger partial charge in [0.25, 0.3) is 0 Å². The molecule has 0 amide bonds. The minimum atomic E-state index is -2.54. The standard InChI is InChI=1S/C27H36N3Si.C9H13.3ClH.Ti/c1-19-22(28(4)5)13-10-16-25(19)31(26-17-11-14-23(20(26)2)29(6)7)27-18-12-15-24(21(27)3)30(8)9;1-6-5-7(2)9(4)8(6)3;;;;/h10-18H,1-9H3;6H,1-4H3;3*1H;. The molecule has 8 heteroatoms. The predicted molar refractivity (Wildman–Crippen MR) is 203 cm³/mol. The monoisotopic (exact) mass is 707 g/mol. The van der Waals surface area contributed by atoms with Crippen LogP contribution in [-0.2, 0) is 18.4 Å². The zero-order valence-corrected chi connectivity index (χ0v) is 33.9. The number of rotatable bonds is 8. The number of allylic oxidation sites excluding steroid dienone is 4. The van der Waals surface area contributed by atoms with Crippen LogP contribution in [0.3, 0.4) is 0 Å². The summed E-state index contributed by atoms with van der Waals surface area (Å²) < 4.78 is 1.74. The van der Waals surface area contributed by atoms with Crippen LogP contribution < -0.4 is 30.3 Å². The van der Waals surface area contributed by atoms with E-state index in [4.69, 9.17) is 0 Å². The molecule has 0 N–H and O–H groups in total. The number of benzene rings is 3. The number of nitrogens with zero attached hydrogens (tertiary/aromatic N) is 3. The van der Waals surface area contributed by atoms with Crippen LogP contribution in [0.1, 0.15) is 44.4 Å². The van der Waals surface area contributed by atoms with Crippen molar-refractivity contribution in [3.63, 3.8) is 0 Å². The first-order valence-electron chi connectivity index (χ1n) is 14.7. The molecule has 3 nitrogen and oxygen atoms in total. The zero-order valence-electron chi connectivity index (χ0n) is 28.8. The molecule has 0 bridgehead atoms. The quantitative estimate of drug-likeness (QED) is 0.179. The summed E-state index contributed by atoms with van der Waals surface area (Å²) >= 11 is -0.634. The second-order valence-electron chi connectivity index (χ2n) is 12.5. The molecule has 0 aromatic heterocycles. The van der Waals surface area contributed by atoms with Gasteiger partial charge in [-0.05, 0) is 0 Å². The first-order chi connectivity index (χ1) is 19.2. The Labute approximate surface area is 295 Å². The maximum absolute atomic E-state index is 2.54. The summed E-state index contributed by atoms with van der Waals surface area (Å²) in [5, 5.41) is 4.74. The normalized spacial score (nSPS) is 14.4. The Hall–Kier alpha value is -1.66. The largest absolute Gasteiger partial charge is 0.147 e. The first-order valence-corrected chi connectivity index (χ1v) is 19.9. The topological polar surface area (TPSA) is 9.72 Å². The molecule has 4 rings (SSSR count). The third-order valence-corrected chi connectivity index (χ3v) is 22.3. The second kappa shape index (κ2) is 15.8. The molecule has 0 saturated carbocycles. The van der Waals surface area contributed by atoms with Crippen LogP contribution in [0, 0.1) is 26.7 Å². The molecule has 3 aromatic carbocycles. The summed E-state index contributed by atoms with van der Waals surface area (Å²) in [6, 6.07) is 21.3. The Kier molecular flexibility index (Phi) is 14.5. The smallest absolute Gasteiger partial charge is 0.147 e. The maximum Gasteiger partial charge on any atom is -0.147 e. The molecule has 0 saturated heterocycles. The Morgan fingerprint density at radius 1 is 0.523 bits per heavy atom. The van der Waals surface area contributed by atoms with E-state index in [1.54, 1.807) is 30.6 Å². The average Bonchev–Trinajstić information content (AvgIpc) is 3.09. The van der Waals surface area contributed by atoms with Gasteiger partial charge in [0.05, 0.1) is 0 Å². The maximum atomic E-state index is 2.49. The van der Waals surface area contributed by atoms with Crippen molar-refractivity contribution in [1.82, 2.24) is 0 Å².